The summed E-state index contributed by atoms with van der Waals surface area (Å²) in [5.74, 6) is 1.21. The third-order valence-corrected chi connectivity index (χ3v) is 5.04. The van der Waals surface area contributed by atoms with Gasteiger partial charge in [-0.05, 0) is 38.1 Å². The van der Waals surface area contributed by atoms with E-state index in [0.29, 0.717) is 18.3 Å². The van der Waals surface area contributed by atoms with E-state index >= 15 is 0 Å². The standard InChI is InChI=1S/C15H20BrN5O2S/c1-3-17-15-20-11(2)10-14(21-15)18-8-9-19-24(22,23)13-6-4-12(16)5-7-13/h4-7,10,19H,3,8-9H2,1-2H3,(H2,17,18,20,21). The maximum atomic E-state index is 12.2. The number of anilines is 2. The van der Waals surface area contributed by atoms with Crippen molar-refractivity contribution >= 4 is 37.7 Å². The van der Waals surface area contributed by atoms with E-state index in [1.54, 1.807) is 24.3 Å². The van der Waals surface area contributed by atoms with E-state index in [0.717, 1.165) is 16.7 Å². The van der Waals surface area contributed by atoms with E-state index in [1.807, 2.05) is 19.9 Å². The van der Waals surface area contributed by atoms with Crippen molar-refractivity contribution in [2.75, 3.05) is 30.3 Å². The van der Waals surface area contributed by atoms with E-state index in [2.05, 4.69) is 41.3 Å². The number of hydrogen-bond acceptors (Lipinski definition) is 6. The summed E-state index contributed by atoms with van der Waals surface area (Å²) >= 11 is 3.28. The molecule has 1 aromatic heterocycles. The zero-order valence-electron chi connectivity index (χ0n) is 13.5. The maximum absolute atomic E-state index is 12.2. The van der Waals surface area contributed by atoms with Gasteiger partial charge in [0.05, 0.1) is 4.90 Å². The summed E-state index contributed by atoms with van der Waals surface area (Å²) in [6, 6.07) is 8.30. The second-order valence-corrected chi connectivity index (χ2v) is 7.71. The van der Waals surface area contributed by atoms with Crippen molar-refractivity contribution in [2.24, 2.45) is 0 Å². The molecule has 3 N–H and O–H groups in total. The summed E-state index contributed by atoms with van der Waals surface area (Å²) in [5, 5.41) is 6.14. The van der Waals surface area contributed by atoms with E-state index in [-0.39, 0.29) is 11.4 Å². The minimum atomic E-state index is -3.51. The lowest BCUT2D eigenvalue weighted by Crippen LogP contribution is -2.29. The van der Waals surface area contributed by atoms with E-state index in [1.165, 1.54) is 0 Å². The van der Waals surface area contributed by atoms with Crippen LogP contribution in [0.15, 0.2) is 39.7 Å². The Labute approximate surface area is 150 Å². The first-order valence-electron chi connectivity index (χ1n) is 7.49. The third-order valence-electron chi connectivity index (χ3n) is 3.04. The summed E-state index contributed by atoms with van der Waals surface area (Å²) in [6.45, 7) is 5.24. The van der Waals surface area contributed by atoms with Crippen molar-refractivity contribution in [3.05, 3.63) is 40.5 Å². The van der Waals surface area contributed by atoms with Crippen molar-refractivity contribution in [1.29, 1.82) is 0 Å². The highest BCUT2D eigenvalue weighted by molar-refractivity contribution is 9.10. The van der Waals surface area contributed by atoms with Crippen LogP contribution in [0.1, 0.15) is 12.6 Å². The van der Waals surface area contributed by atoms with Gasteiger partial charge < -0.3 is 10.6 Å². The van der Waals surface area contributed by atoms with Crippen LogP contribution in [0.5, 0.6) is 0 Å². The number of hydrogen-bond donors (Lipinski definition) is 3. The van der Waals surface area contributed by atoms with Crippen LogP contribution < -0.4 is 15.4 Å². The fraction of sp³-hybridized carbons (Fsp3) is 0.333. The summed E-state index contributed by atoms with van der Waals surface area (Å²) in [5.41, 5.74) is 0.832. The zero-order valence-corrected chi connectivity index (χ0v) is 15.9. The van der Waals surface area contributed by atoms with Gasteiger partial charge in [-0.2, -0.15) is 4.98 Å². The van der Waals surface area contributed by atoms with Gasteiger partial charge in [0.1, 0.15) is 5.82 Å². The Bertz CT molecular complexity index is 781. The number of halogens is 1. The minimum Gasteiger partial charge on any atom is -0.369 e. The predicted molar refractivity (Wildman–Crippen MR) is 98.8 cm³/mol. The van der Waals surface area contributed by atoms with Crippen molar-refractivity contribution in [3.63, 3.8) is 0 Å². The van der Waals surface area contributed by atoms with E-state index in [4.69, 9.17) is 0 Å². The molecular formula is C15H20BrN5O2S. The van der Waals surface area contributed by atoms with Crippen LogP contribution in [0, 0.1) is 6.92 Å². The number of sulfonamides is 1. The summed E-state index contributed by atoms with van der Waals surface area (Å²) in [4.78, 5) is 8.80. The van der Waals surface area contributed by atoms with Crippen LogP contribution in [0.3, 0.4) is 0 Å². The Kier molecular flexibility index (Phi) is 6.52. The summed E-state index contributed by atoms with van der Waals surface area (Å²) in [6.07, 6.45) is 0. The molecule has 0 saturated carbocycles. The van der Waals surface area contributed by atoms with Crippen LogP contribution in [0.4, 0.5) is 11.8 Å². The molecule has 0 aliphatic heterocycles. The smallest absolute Gasteiger partial charge is 0.240 e. The van der Waals surface area contributed by atoms with Crippen molar-refractivity contribution in [1.82, 2.24) is 14.7 Å². The first kappa shape index (κ1) is 18.6. The molecule has 1 aromatic carbocycles. The number of aromatic nitrogens is 2. The molecule has 130 valence electrons. The maximum Gasteiger partial charge on any atom is 0.240 e. The van der Waals surface area contributed by atoms with Crippen LogP contribution in [0.2, 0.25) is 0 Å². The normalized spacial score (nSPS) is 11.3. The molecule has 0 aliphatic carbocycles. The van der Waals surface area contributed by atoms with Gasteiger partial charge in [-0.25, -0.2) is 18.1 Å². The molecule has 1 heterocycles. The molecule has 0 bridgehead atoms. The van der Waals surface area contributed by atoms with Gasteiger partial charge in [0.2, 0.25) is 16.0 Å². The second kappa shape index (κ2) is 8.41. The molecule has 9 heteroatoms. The minimum absolute atomic E-state index is 0.234. The van der Waals surface area contributed by atoms with Crippen LogP contribution in [0.25, 0.3) is 0 Å². The first-order chi connectivity index (χ1) is 11.4. The topological polar surface area (TPSA) is 96.0 Å². The molecule has 0 unspecified atom stereocenters. The average molecular weight is 414 g/mol. The van der Waals surface area contributed by atoms with Gasteiger partial charge in [-0.15, -0.1) is 0 Å². The SMILES string of the molecule is CCNc1nc(C)cc(NCCNS(=O)(=O)c2ccc(Br)cc2)n1. The molecule has 0 spiro atoms. The van der Waals surface area contributed by atoms with E-state index < -0.39 is 10.0 Å². The lowest BCUT2D eigenvalue weighted by molar-refractivity contribution is 0.583. The van der Waals surface area contributed by atoms with Crippen molar-refractivity contribution < 1.29 is 8.42 Å². The molecule has 2 aromatic rings. The quantitative estimate of drug-likeness (QED) is 0.574. The second-order valence-electron chi connectivity index (χ2n) is 5.03. The summed E-state index contributed by atoms with van der Waals surface area (Å²) in [7, 11) is -3.51. The average Bonchev–Trinajstić information content (AvgIpc) is 2.52. The largest absolute Gasteiger partial charge is 0.369 e. The highest BCUT2D eigenvalue weighted by Gasteiger charge is 2.12. The molecule has 0 fully saturated rings. The highest BCUT2D eigenvalue weighted by Crippen LogP contribution is 2.14. The molecule has 0 amide bonds. The van der Waals surface area contributed by atoms with Gasteiger partial charge in [0.15, 0.2) is 0 Å². The zero-order chi connectivity index (χ0) is 17.6. The Morgan fingerprint density at radius 2 is 1.79 bits per heavy atom. The number of nitrogens with one attached hydrogen (secondary N) is 3. The first-order valence-corrected chi connectivity index (χ1v) is 9.77. The van der Waals surface area contributed by atoms with Crippen LogP contribution in [-0.4, -0.2) is 38.0 Å². The van der Waals surface area contributed by atoms with Crippen molar-refractivity contribution in [2.45, 2.75) is 18.7 Å². The highest BCUT2D eigenvalue weighted by atomic mass is 79.9. The number of aryl methyl sites for hydroxylation is 1. The Balaban J connectivity index is 1.89. The predicted octanol–water partition coefficient (Wildman–Crippen LogP) is 2.37. The molecule has 0 radical (unpaired) electrons. The molecule has 24 heavy (non-hydrogen) atoms. The monoisotopic (exact) mass is 413 g/mol. The van der Waals surface area contributed by atoms with Crippen LogP contribution >= 0.6 is 15.9 Å². The van der Waals surface area contributed by atoms with Crippen molar-refractivity contribution in [3.8, 4) is 0 Å². The molecule has 0 atom stereocenters. The lowest BCUT2D eigenvalue weighted by Gasteiger charge is -2.10. The van der Waals surface area contributed by atoms with E-state index in [9.17, 15) is 8.42 Å². The van der Waals surface area contributed by atoms with Gasteiger partial charge in [-0.3, -0.25) is 0 Å². The third kappa shape index (κ3) is 5.43. The Morgan fingerprint density at radius 1 is 1.08 bits per heavy atom. The molecule has 7 nitrogen and oxygen atoms in total. The number of benzene rings is 1. The molecule has 0 aliphatic rings. The number of rotatable bonds is 8. The fourth-order valence-corrected chi connectivity index (χ4v) is 3.27. The number of nitrogens with zero attached hydrogens (tertiary/aromatic N) is 2. The van der Waals surface area contributed by atoms with Crippen LogP contribution in [-0.2, 0) is 10.0 Å². The molecule has 0 saturated heterocycles. The Hall–Kier alpha value is -1.71. The van der Waals surface area contributed by atoms with Gasteiger partial charge in [-0.1, -0.05) is 15.9 Å². The lowest BCUT2D eigenvalue weighted by atomic mass is 10.4. The van der Waals surface area contributed by atoms with Gasteiger partial charge in [0, 0.05) is 35.9 Å². The van der Waals surface area contributed by atoms with Gasteiger partial charge in [0.25, 0.3) is 0 Å². The molecule has 2 rings (SSSR count). The fourth-order valence-electron chi connectivity index (χ4n) is 1.97. The molecular weight excluding hydrogens is 394 g/mol. The summed E-state index contributed by atoms with van der Waals surface area (Å²) < 4.78 is 27.7. The van der Waals surface area contributed by atoms with Gasteiger partial charge >= 0.3 is 0 Å². The Morgan fingerprint density at radius 3 is 2.46 bits per heavy atom.